The van der Waals surface area contributed by atoms with E-state index in [-0.39, 0.29) is 18.2 Å². The number of thiophene rings is 1. The molecule has 6 nitrogen and oxygen atoms in total. The Morgan fingerprint density at radius 1 is 1.00 bits per heavy atom. The highest BCUT2D eigenvalue weighted by molar-refractivity contribution is 7.17. The normalized spacial score (nSPS) is 10.8. The zero-order valence-electron chi connectivity index (χ0n) is 17.0. The van der Waals surface area contributed by atoms with E-state index in [2.05, 4.69) is 39.7 Å². The maximum atomic E-state index is 12.5. The first-order valence-corrected chi connectivity index (χ1v) is 12.1. The summed E-state index contributed by atoms with van der Waals surface area (Å²) in [5.74, 6) is -0.195. The lowest BCUT2D eigenvalue weighted by Gasteiger charge is -2.00. The lowest BCUT2D eigenvalue weighted by Crippen LogP contribution is -2.17. The van der Waals surface area contributed by atoms with Gasteiger partial charge in [-0.2, -0.15) is 0 Å². The maximum Gasteiger partial charge on any atom is 0.232 e. The van der Waals surface area contributed by atoms with Crippen molar-refractivity contribution in [2.24, 2.45) is 0 Å². The third-order valence-corrected chi connectivity index (χ3v) is 7.17. The number of carbonyl (C=O) groups excluding carboxylic acids is 2. The van der Waals surface area contributed by atoms with Gasteiger partial charge in [-0.25, -0.2) is 9.97 Å². The van der Waals surface area contributed by atoms with Crippen LogP contribution in [0.25, 0.3) is 21.1 Å². The molecule has 0 bridgehead atoms. The smallest absolute Gasteiger partial charge is 0.232 e. The molecule has 158 valence electrons. The van der Waals surface area contributed by atoms with Crippen molar-refractivity contribution in [3.63, 3.8) is 0 Å². The van der Waals surface area contributed by atoms with Gasteiger partial charge in [0.15, 0.2) is 5.13 Å². The SMILES string of the molecule is CC(=O)NCc1ccc(-c2csc(NC(=O)Cc3csc(-c4ccc(C)cc4)n3)n2)s1. The van der Waals surface area contributed by atoms with Crippen molar-refractivity contribution in [1.29, 1.82) is 0 Å². The molecule has 3 aromatic heterocycles. The predicted molar refractivity (Wildman–Crippen MR) is 128 cm³/mol. The van der Waals surface area contributed by atoms with Gasteiger partial charge in [-0.3, -0.25) is 9.59 Å². The molecule has 0 radical (unpaired) electrons. The summed E-state index contributed by atoms with van der Waals surface area (Å²) in [6.45, 7) is 4.05. The molecule has 4 aromatic rings. The number of nitrogens with zero attached hydrogens (tertiary/aromatic N) is 2. The van der Waals surface area contributed by atoms with Gasteiger partial charge in [0.25, 0.3) is 0 Å². The van der Waals surface area contributed by atoms with Crippen LogP contribution < -0.4 is 10.6 Å². The van der Waals surface area contributed by atoms with Crippen LogP contribution in [0.1, 0.15) is 23.1 Å². The van der Waals surface area contributed by atoms with E-state index in [1.54, 1.807) is 11.3 Å². The molecule has 0 aliphatic heterocycles. The Bertz CT molecular complexity index is 1210. The molecular weight excluding hydrogens is 448 g/mol. The van der Waals surface area contributed by atoms with Crippen LogP contribution in [0.5, 0.6) is 0 Å². The van der Waals surface area contributed by atoms with E-state index in [4.69, 9.17) is 0 Å². The van der Waals surface area contributed by atoms with Crippen molar-refractivity contribution in [2.75, 3.05) is 5.32 Å². The number of benzene rings is 1. The summed E-state index contributed by atoms with van der Waals surface area (Å²) in [5, 5.41) is 11.0. The van der Waals surface area contributed by atoms with Gasteiger partial charge in [0, 0.05) is 28.1 Å². The Morgan fingerprint density at radius 3 is 2.58 bits per heavy atom. The summed E-state index contributed by atoms with van der Waals surface area (Å²) in [4.78, 5) is 34.7. The van der Waals surface area contributed by atoms with E-state index in [0.29, 0.717) is 11.7 Å². The zero-order valence-corrected chi connectivity index (χ0v) is 19.4. The summed E-state index contributed by atoms with van der Waals surface area (Å²) in [5.41, 5.74) is 3.82. The molecule has 0 atom stereocenters. The van der Waals surface area contributed by atoms with Crippen molar-refractivity contribution < 1.29 is 9.59 Å². The van der Waals surface area contributed by atoms with Gasteiger partial charge in [-0.05, 0) is 19.1 Å². The van der Waals surface area contributed by atoms with Crippen LogP contribution in [0, 0.1) is 6.92 Å². The summed E-state index contributed by atoms with van der Waals surface area (Å²) in [6.07, 6.45) is 0.205. The average Bonchev–Trinajstić information content (AvgIpc) is 3.48. The minimum Gasteiger partial charge on any atom is -0.351 e. The summed E-state index contributed by atoms with van der Waals surface area (Å²) < 4.78 is 0. The zero-order chi connectivity index (χ0) is 21.8. The highest BCUT2D eigenvalue weighted by atomic mass is 32.1. The molecular formula is C22H20N4O2S3. The molecule has 31 heavy (non-hydrogen) atoms. The number of anilines is 1. The Labute approximate surface area is 192 Å². The largest absolute Gasteiger partial charge is 0.351 e. The summed E-state index contributed by atoms with van der Waals surface area (Å²) in [7, 11) is 0. The molecule has 0 unspecified atom stereocenters. The monoisotopic (exact) mass is 468 g/mol. The number of hydrogen-bond acceptors (Lipinski definition) is 7. The second-order valence-electron chi connectivity index (χ2n) is 6.95. The molecule has 0 fully saturated rings. The summed E-state index contributed by atoms with van der Waals surface area (Å²) in [6, 6.07) is 12.1. The van der Waals surface area contributed by atoms with Crippen LogP contribution in [0.3, 0.4) is 0 Å². The van der Waals surface area contributed by atoms with Crippen molar-refractivity contribution in [3.05, 3.63) is 63.3 Å². The minimum atomic E-state index is -0.140. The van der Waals surface area contributed by atoms with Gasteiger partial charge in [-0.1, -0.05) is 29.8 Å². The van der Waals surface area contributed by atoms with Gasteiger partial charge in [0.1, 0.15) is 5.01 Å². The standard InChI is InChI=1S/C22H20N4O2S3/c1-13-3-5-15(6-4-13)21-24-16(11-29-21)9-20(28)26-22-25-18(12-30-22)19-8-7-17(31-19)10-23-14(2)27/h3-8,11-12H,9-10H2,1-2H3,(H,23,27)(H,25,26,28). The molecule has 0 aliphatic carbocycles. The first-order chi connectivity index (χ1) is 15.0. The van der Waals surface area contributed by atoms with E-state index in [9.17, 15) is 9.59 Å². The lowest BCUT2D eigenvalue weighted by atomic mass is 10.2. The van der Waals surface area contributed by atoms with Gasteiger partial charge in [0.2, 0.25) is 11.8 Å². The number of amides is 2. The third-order valence-electron chi connectivity index (χ3n) is 4.37. The maximum absolute atomic E-state index is 12.5. The average molecular weight is 469 g/mol. The minimum absolute atomic E-state index is 0.0558. The molecule has 0 aliphatic rings. The third kappa shape index (κ3) is 5.63. The number of nitrogens with one attached hydrogen (secondary N) is 2. The van der Waals surface area contributed by atoms with E-state index < -0.39 is 0 Å². The molecule has 4 rings (SSSR count). The van der Waals surface area contributed by atoms with Gasteiger partial charge in [-0.15, -0.1) is 34.0 Å². The van der Waals surface area contributed by atoms with Crippen LogP contribution in [0.15, 0.2) is 47.2 Å². The molecule has 0 saturated carbocycles. The van der Waals surface area contributed by atoms with Crippen LogP contribution >= 0.6 is 34.0 Å². The van der Waals surface area contributed by atoms with Crippen LogP contribution in [-0.2, 0) is 22.6 Å². The molecule has 2 amide bonds. The van der Waals surface area contributed by atoms with Gasteiger partial charge in [0.05, 0.1) is 29.2 Å². The highest BCUT2D eigenvalue weighted by Gasteiger charge is 2.13. The number of thiazole rings is 2. The highest BCUT2D eigenvalue weighted by Crippen LogP contribution is 2.31. The lowest BCUT2D eigenvalue weighted by molar-refractivity contribution is -0.119. The number of aromatic nitrogens is 2. The van der Waals surface area contributed by atoms with Crippen molar-refractivity contribution in [3.8, 4) is 21.1 Å². The number of rotatable bonds is 7. The number of carbonyl (C=O) groups is 2. The van der Waals surface area contributed by atoms with Crippen molar-refractivity contribution in [2.45, 2.75) is 26.8 Å². The number of hydrogen-bond donors (Lipinski definition) is 2. The van der Waals surface area contributed by atoms with Crippen molar-refractivity contribution in [1.82, 2.24) is 15.3 Å². The van der Waals surface area contributed by atoms with Crippen LogP contribution in [0.2, 0.25) is 0 Å². The Hall–Kier alpha value is -2.88. The predicted octanol–water partition coefficient (Wildman–Crippen LogP) is 5.12. The van der Waals surface area contributed by atoms with Crippen molar-refractivity contribution >= 4 is 51.0 Å². The molecule has 0 saturated heterocycles. The second-order valence-corrected chi connectivity index (χ2v) is 9.83. The molecule has 0 spiro atoms. The summed E-state index contributed by atoms with van der Waals surface area (Å²) >= 11 is 4.50. The number of aryl methyl sites for hydroxylation is 1. The van der Waals surface area contributed by atoms with E-state index in [0.717, 1.165) is 31.7 Å². The fraction of sp³-hybridized carbons (Fsp3) is 0.182. The fourth-order valence-electron chi connectivity index (χ4n) is 2.81. The Balaban J connectivity index is 1.35. The Morgan fingerprint density at radius 2 is 1.81 bits per heavy atom. The first kappa shape index (κ1) is 21.4. The van der Waals surface area contributed by atoms with Gasteiger partial charge >= 0.3 is 0 Å². The molecule has 2 N–H and O–H groups in total. The fourth-order valence-corrected chi connectivity index (χ4v) is 5.35. The van der Waals surface area contributed by atoms with E-state index >= 15 is 0 Å². The second kappa shape index (κ2) is 9.51. The van der Waals surface area contributed by atoms with E-state index in [1.807, 2.05) is 35.0 Å². The van der Waals surface area contributed by atoms with Crippen LogP contribution in [0.4, 0.5) is 5.13 Å². The molecule has 3 heterocycles. The molecule has 1 aromatic carbocycles. The Kier molecular flexibility index (Phi) is 6.55. The first-order valence-electron chi connectivity index (χ1n) is 9.56. The van der Waals surface area contributed by atoms with Crippen LogP contribution in [-0.4, -0.2) is 21.8 Å². The topological polar surface area (TPSA) is 84.0 Å². The van der Waals surface area contributed by atoms with E-state index in [1.165, 1.54) is 35.2 Å². The quantitative estimate of drug-likeness (QED) is 0.394. The van der Waals surface area contributed by atoms with Gasteiger partial charge < -0.3 is 10.6 Å². The molecule has 9 heteroatoms.